The number of likely N-dealkylation sites (tertiary alicyclic amines) is 1. The van der Waals surface area contributed by atoms with Gasteiger partial charge in [0.1, 0.15) is 11.7 Å². The van der Waals surface area contributed by atoms with E-state index in [2.05, 4.69) is 19.6 Å². The van der Waals surface area contributed by atoms with Gasteiger partial charge in [0.2, 0.25) is 0 Å². The van der Waals surface area contributed by atoms with Crippen molar-refractivity contribution in [1.29, 1.82) is 0 Å². The molecule has 3 N–H and O–H groups in total. The van der Waals surface area contributed by atoms with Gasteiger partial charge in [0, 0.05) is 37.9 Å². The first kappa shape index (κ1) is 12.9. The lowest BCUT2D eigenvalue weighted by molar-refractivity contribution is 0.193. The molecule has 0 aliphatic carbocycles. The van der Waals surface area contributed by atoms with Crippen LogP contribution in [0.15, 0.2) is 17.5 Å². The van der Waals surface area contributed by atoms with Gasteiger partial charge in [-0.2, -0.15) is 0 Å². The van der Waals surface area contributed by atoms with E-state index in [1.807, 2.05) is 19.3 Å². The van der Waals surface area contributed by atoms with Gasteiger partial charge in [0.25, 0.3) is 0 Å². The van der Waals surface area contributed by atoms with Crippen molar-refractivity contribution in [1.82, 2.24) is 14.5 Å². The van der Waals surface area contributed by atoms with Crippen molar-refractivity contribution >= 4 is 5.84 Å². The minimum atomic E-state index is 0.188. The van der Waals surface area contributed by atoms with Crippen LogP contribution >= 0.6 is 0 Å². The fraction of sp³-hybridized carbons (Fsp3) is 0.667. The maximum absolute atomic E-state index is 8.72. The lowest BCUT2D eigenvalue weighted by atomic mass is 9.97. The Morgan fingerprint density at radius 3 is 3.11 bits per heavy atom. The molecule has 1 unspecified atom stereocenters. The first-order valence-electron chi connectivity index (χ1n) is 6.38. The maximum Gasteiger partial charge on any atom is 0.143 e. The third-order valence-corrected chi connectivity index (χ3v) is 3.62. The molecule has 0 aromatic carbocycles. The lowest BCUT2D eigenvalue weighted by Crippen LogP contribution is -2.42. The van der Waals surface area contributed by atoms with Crippen LogP contribution in [-0.2, 0) is 6.54 Å². The molecule has 0 amide bonds. The molecule has 1 aliphatic rings. The van der Waals surface area contributed by atoms with Crippen LogP contribution in [-0.4, -0.2) is 45.1 Å². The van der Waals surface area contributed by atoms with Crippen molar-refractivity contribution in [2.45, 2.75) is 26.3 Å². The maximum atomic E-state index is 8.72. The number of aryl methyl sites for hydroxylation is 1. The van der Waals surface area contributed by atoms with E-state index in [9.17, 15) is 0 Å². The minimum Gasteiger partial charge on any atom is -0.409 e. The molecule has 1 aromatic heterocycles. The molecule has 2 rings (SSSR count). The van der Waals surface area contributed by atoms with Gasteiger partial charge in [-0.3, -0.25) is 0 Å². The number of hydrogen-bond acceptors (Lipinski definition) is 4. The van der Waals surface area contributed by atoms with Crippen LogP contribution in [0.5, 0.6) is 0 Å². The van der Waals surface area contributed by atoms with Gasteiger partial charge in [-0.05, 0) is 26.3 Å². The second-order valence-corrected chi connectivity index (χ2v) is 4.83. The molecule has 0 spiro atoms. The van der Waals surface area contributed by atoms with E-state index in [0.717, 1.165) is 44.8 Å². The molecule has 1 atom stereocenters. The number of oxime groups is 1. The van der Waals surface area contributed by atoms with Gasteiger partial charge in [0.05, 0.1) is 0 Å². The monoisotopic (exact) mass is 251 g/mol. The SMILES string of the molecule is Cc1nccn1CCN1CCCC(C(N)=NO)C1. The zero-order valence-electron chi connectivity index (χ0n) is 10.8. The number of rotatable bonds is 4. The van der Waals surface area contributed by atoms with Crippen LogP contribution in [0.3, 0.4) is 0 Å². The van der Waals surface area contributed by atoms with Crippen molar-refractivity contribution in [3.63, 3.8) is 0 Å². The van der Waals surface area contributed by atoms with Gasteiger partial charge in [0.15, 0.2) is 0 Å². The van der Waals surface area contributed by atoms with Crippen LogP contribution in [0, 0.1) is 12.8 Å². The Morgan fingerprint density at radius 2 is 2.44 bits per heavy atom. The lowest BCUT2D eigenvalue weighted by Gasteiger charge is -2.32. The van der Waals surface area contributed by atoms with Crippen molar-refractivity contribution in [2.75, 3.05) is 19.6 Å². The van der Waals surface area contributed by atoms with Crippen molar-refractivity contribution < 1.29 is 5.21 Å². The average Bonchev–Trinajstić information content (AvgIpc) is 2.81. The fourth-order valence-corrected chi connectivity index (χ4v) is 2.47. The van der Waals surface area contributed by atoms with Gasteiger partial charge < -0.3 is 20.4 Å². The molecule has 2 heterocycles. The Balaban J connectivity index is 1.85. The van der Waals surface area contributed by atoms with Crippen LogP contribution < -0.4 is 5.73 Å². The Kier molecular flexibility index (Phi) is 4.19. The largest absolute Gasteiger partial charge is 0.409 e. The molecular formula is C12H21N5O. The van der Waals surface area contributed by atoms with E-state index in [1.54, 1.807) is 0 Å². The molecule has 6 nitrogen and oxygen atoms in total. The quantitative estimate of drug-likeness (QED) is 0.356. The van der Waals surface area contributed by atoms with Crippen molar-refractivity contribution in [3.05, 3.63) is 18.2 Å². The highest BCUT2D eigenvalue weighted by Gasteiger charge is 2.22. The van der Waals surface area contributed by atoms with Crippen LogP contribution in [0.1, 0.15) is 18.7 Å². The van der Waals surface area contributed by atoms with Gasteiger partial charge in [-0.15, -0.1) is 0 Å². The van der Waals surface area contributed by atoms with Gasteiger partial charge in [-0.25, -0.2) is 4.98 Å². The molecule has 1 aromatic rings. The third kappa shape index (κ3) is 3.01. The summed E-state index contributed by atoms with van der Waals surface area (Å²) < 4.78 is 2.15. The second-order valence-electron chi connectivity index (χ2n) is 4.83. The highest BCUT2D eigenvalue weighted by Crippen LogP contribution is 2.16. The molecule has 1 aliphatic heterocycles. The van der Waals surface area contributed by atoms with Crippen LogP contribution in [0.4, 0.5) is 0 Å². The average molecular weight is 251 g/mol. The minimum absolute atomic E-state index is 0.188. The van der Waals surface area contributed by atoms with Gasteiger partial charge in [-0.1, -0.05) is 5.16 Å². The zero-order chi connectivity index (χ0) is 13.0. The summed E-state index contributed by atoms with van der Waals surface area (Å²) in [5.74, 6) is 1.59. The van der Waals surface area contributed by atoms with Gasteiger partial charge >= 0.3 is 0 Å². The molecular weight excluding hydrogens is 230 g/mol. The first-order chi connectivity index (χ1) is 8.70. The van der Waals surface area contributed by atoms with E-state index >= 15 is 0 Å². The van der Waals surface area contributed by atoms with Crippen molar-refractivity contribution in [3.8, 4) is 0 Å². The standard InChI is InChI=1S/C12H21N5O/c1-10-14-4-6-17(10)8-7-16-5-2-3-11(9-16)12(13)15-18/h4,6,11,18H,2-3,5,7-9H2,1H3,(H2,13,15). The summed E-state index contributed by atoms with van der Waals surface area (Å²) >= 11 is 0. The Labute approximate surface area is 107 Å². The molecule has 6 heteroatoms. The highest BCUT2D eigenvalue weighted by molar-refractivity contribution is 5.82. The van der Waals surface area contributed by atoms with Crippen LogP contribution in [0.25, 0.3) is 0 Å². The van der Waals surface area contributed by atoms with E-state index in [4.69, 9.17) is 10.9 Å². The number of hydrogen-bond donors (Lipinski definition) is 2. The summed E-state index contributed by atoms with van der Waals surface area (Å²) in [5, 5.41) is 11.8. The molecule has 18 heavy (non-hydrogen) atoms. The second kappa shape index (κ2) is 5.86. The number of nitrogens with two attached hydrogens (primary N) is 1. The number of amidine groups is 1. The number of aromatic nitrogens is 2. The van der Waals surface area contributed by atoms with E-state index < -0.39 is 0 Å². The highest BCUT2D eigenvalue weighted by atomic mass is 16.4. The van der Waals surface area contributed by atoms with E-state index in [0.29, 0.717) is 5.84 Å². The Morgan fingerprint density at radius 1 is 1.61 bits per heavy atom. The summed E-state index contributed by atoms with van der Waals surface area (Å²) in [6, 6.07) is 0. The normalized spacial score (nSPS) is 22.3. The summed E-state index contributed by atoms with van der Waals surface area (Å²) in [7, 11) is 0. The Hall–Kier alpha value is -1.56. The van der Waals surface area contributed by atoms with Crippen molar-refractivity contribution in [2.24, 2.45) is 16.8 Å². The third-order valence-electron chi connectivity index (χ3n) is 3.62. The molecule has 100 valence electrons. The van der Waals surface area contributed by atoms with E-state index in [1.165, 1.54) is 0 Å². The van der Waals surface area contributed by atoms with Crippen LogP contribution in [0.2, 0.25) is 0 Å². The number of piperidine rings is 1. The fourth-order valence-electron chi connectivity index (χ4n) is 2.47. The number of nitrogens with zero attached hydrogens (tertiary/aromatic N) is 4. The summed E-state index contributed by atoms with van der Waals surface area (Å²) in [4.78, 5) is 6.58. The smallest absolute Gasteiger partial charge is 0.143 e. The summed E-state index contributed by atoms with van der Waals surface area (Å²) in [6.45, 7) is 5.89. The summed E-state index contributed by atoms with van der Waals surface area (Å²) in [5.41, 5.74) is 5.68. The Bertz CT molecular complexity index is 414. The number of imidazole rings is 1. The first-order valence-corrected chi connectivity index (χ1v) is 6.38. The summed E-state index contributed by atoms with van der Waals surface area (Å²) in [6.07, 6.45) is 5.94. The topological polar surface area (TPSA) is 79.7 Å². The van der Waals surface area contributed by atoms with E-state index in [-0.39, 0.29) is 5.92 Å². The molecule has 1 saturated heterocycles. The predicted molar refractivity (Wildman–Crippen MR) is 69.5 cm³/mol. The predicted octanol–water partition coefficient (Wildman–Crippen LogP) is 0.650. The molecule has 0 bridgehead atoms. The molecule has 0 radical (unpaired) electrons. The molecule has 1 fully saturated rings. The molecule has 0 saturated carbocycles. The zero-order valence-corrected chi connectivity index (χ0v) is 10.8.